The molecule has 4 heterocycles. The third-order valence-electron chi connectivity index (χ3n) is 8.12. The van der Waals surface area contributed by atoms with Crippen molar-refractivity contribution in [2.75, 3.05) is 26.3 Å². The van der Waals surface area contributed by atoms with Crippen molar-refractivity contribution in [3.8, 4) is 0 Å². The number of unbranched alkanes of at least 4 members (excludes halogenated alkanes) is 3. The first-order valence-corrected chi connectivity index (χ1v) is 14.7. The maximum absolute atomic E-state index is 14.5. The minimum atomic E-state index is -0.797. The molecule has 2 amide bonds. The van der Waals surface area contributed by atoms with Crippen molar-refractivity contribution in [2.24, 2.45) is 17.3 Å². The predicted molar refractivity (Wildman–Crippen MR) is 146 cm³/mol. The molecule has 8 heteroatoms. The van der Waals surface area contributed by atoms with Crippen molar-refractivity contribution < 1.29 is 24.2 Å². The van der Waals surface area contributed by atoms with E-state index in [0.717, 1.165) is 32.1 Å². The van der Waals surface area contributed by atoms with Gasteiger partial charge in [0.2, 0.25) is 11.8 Å². The average Bonchev–Trinajstić information content (AvgIpc) is 3.15. The third-order valence-corrected chi connectivity index (χ3v) is 9.87. The van der Waals surface area contributed by atoms with E-state index >= 15 is 0 Å². The van der Waals surface area contributed by atoms with Crippen LogP contribution in [-0.2, 0) is 19.1 Å². The van der Waals surface area contributed by atoms with E-state index in [1.54, 1.807) is 16.7 Å². The van der Waals surface area contributed by atoms with Gasteiger partial charge in [-0.05, 0) is 44.9 Å². The Hall–Kier alpha value is -1.80. The fourth-order valence-corrected chi connectivity index (χ4v) is 9.03. The molecule has 0 saturated carbocycles. The molecule has 206 valence electrons. The Balaban J connectivity index is 1.73. The highest BCUT2D eigenvalue weighted by Gasteiger charge is 2.71. The number of hydrogen-bond donors (Lipinski definition) is 1. The Kier molecular flexibility index (Phi) is 8.20. The number of carbonyl (C=O) groups excluding carboxylic acids is 3. The number of aliphatic hydroxyl groups excluding tert-OH is 1. The summed E-state index contributed by atoms with van der Waals surface area (Å²) in [4.78, 5) is 45.6. The number of nitrogens with zero attached hydrogens (tertiary/aromatic N) is 2. The second kappa shape index (κ2) is 10.8. The number of thioether (sulfide) groups is 1. The summed E-state index contributed by atoms with van der Waals surface area (Å²) < 4.78 is 4.76. The number of cyclic esters (lactones) is 1. The number of aliphatic hydroxyl groups is 1. The zero-order chi connectivity index (χ0) is 27.0. The smallest absolute Gasteiger partial charge is 0.311 e. The monoisotopic (exact) mass is 532 g/mol. The van der Waals surface area contributed by atoms with Crippen molar-refractivity contribution in [1.29, 1.82) is 0 Å². The maximum Gasteiger partial charge on any atom is 0.311 e. The normalized spacial score (nSPS) is 32.0. The minimum absolute atomic E-state index is 0.0235. The summed E-state index contributed by atoms with van der Waals surface area (Å²) in [5.74, 6) is -1.67. The fourth-order valence-electron chi connectivity index (χ4n) is 7.03. The van der Waals surface area contributed by atoms with Gasteiger partial charge < -0.3 is 19.6 Å². The lowest BCUT2D eigenvalue weighted by Crippen LogP contribution is -2.58. The van der Waals surface area contributed by atoms with Gasteiger partial charge in [0.25, 0.3) is 0 Å². The molecule has 1 unspecified atom stereocenters. The van der Waals surface area contributed by atoms with E-state index in [-0.39, 0.29) is 35.1 Å². The van der Waals surface area contributed by atoms with Gasteiger partial charge in [0.1, 0.15) is 6.04 Å². The van der Waals surface area contributed by atoms with Crippen LogP contribution in [0.5, 0.6) is 0 Å². The topological polar surface area (TPSA) is 87.2 Å². The lowest BCUT2D eigenvalue weighted by Gasteiger charge is -2.44. The molecule has 4 aliphatic heterocycles. The first kappa shape index (κ1) is 28.2. The van der Waals surface area contributed by atoms with Crippen LogP contribution in [-0.4, -0.2) is 80.6 Å². The first-order chi connectivity index (χ1) is 17.4. The van der Waals surface area contributed by atoms with Crippen LogP contribution >= 0.6 is 11.8 Å². The van der Waals surface area contributed by atoms with Crippen molar-refractivity contribution in [1.82, 2.24) is 9.80 Å². The van der Waals surface area contributed by atoms with E-state index in [1.807, 2.05) is 11.0 Å². The predicted octanol–water partition coefficient (Wildman–Crippen LogP) is 3.95. The van der Waals surface area contributed by atoms with Gasteiger partial charge in [-0.2, -0.15) is 0 Å². The fraction of sp³-hybridized carbons (Fsp3) is 0.759. The summed E-state index contributed by atoms with van der Waals surface area (Å²) in [5, 5.41) is 8.94. The summed E-state index contributed by atoms with van der Waals surface area (Å²) in [5.41, 5.74) is -0.372. The number of amides is 2. The van der Waals surface area contributed by atoms with Gasteiger partial charge in [-0.15, -0.1) is 11.8 Å². The summed E-state index contributed by atoms with van der Waals surface area (Å²) >= 11 is 1.60. The highest BCUT2D eigenvalue weighted by atomic mass is 32.2. The molecular formula is C29H44N2O5S. The Morgan fingerprint density at radius 3 is 2.49 bits per heavy atom. The number of ether oxygens (including phenoxy) is 1. The molecule has 1 spiro atoms. The second-order valence-corrected chi connectivity index (χ2v) is 14.3. The molecule has 2 fully saturated rings. The first-order valence-electron chi connectivity index (χ1n) is 13.8. The molecular weight excluding hydrogens is 488 g/mol. The molecule has 0 bridgehead atoms. The Bertz CT molecular complexity index is 954. The van der Waals surface area contributed by atoms with Crippen LogP contribution in [0.15, 0.2) is 24.3 Å². The SMILES string of the molecule is CC(C)(C)CC(C)(C)N1CC=C[C@]23S[C@H]4C=CCCOC(=O)[C@H]4[C@H]2C(=O)N(CCCCCCO)C3C1=O. The molecule has 4 rings (SSSR count). The molecule has 0 aromatic rings. The number of esters is 1. The zero-order valence-electron chi connectivity index (χ0n) is 23.1. The number of rotatable bonds is 8. The molecule has 7 nitrogen and oxygen atoms in total. The lowest BCUT2D eigenvalue weighted by molar-refractivity contribution is -0.153. The highest BCUT2D eigenvalue weighted by molar-refractivity contribution is 8.02. The summed E-state index contributed by atoms with van der Waals surface area (Å²) in [6.07, 6.45) is 13.0. The van der Waals surface area contributed by atoms with E-state index in [0.29, 0.717) is 26.1 Å². The van der Waals surface area contributed by atoms with Gasteiger partial charge >= 0.3 is 5.97 Å². The average molecular weight is 533 g/mol. The van der Waals surface area contributed by atoms with Crippen LogP contribution in [0.3, 0.4) is 0 Å². The van der Waals surface area contributed by atoms with E-state index in [4.69, 9.17) is 9.84 Å². The van der Waals surface area contributed by atoms with Crippen LogP contribution in [0.4, 0.5) is 0 Å². The maximum atomic E-state index is 14.5. The van der Waals surface area contributed by atoms with Crippen molar-refractivity contribution >= 4 is 29.5 Å². The van der Waals surface area contributed by atoms with Crippen molar-refractivity contribution in [2.45, 2.75) is 94.7 Å². The molecule has 5 atom stereocenters. The summed E-state index contributed by atoms with van der Waals surface area (Å²) in [6, 6.07) is -0.653. The summed E-state index contributed by atoms with van der Waals surface area (Å²) in [6.45, 7) is 12.2. The molecule has 0 radical (unpaired) electrons. The van der Waals surface area contributed by atoms with E-state index in [2.05, 4.69) is 52.8 Å². The standard InChI is InChI=1S/C29H44N2O5S/c1-27(2,3)19-28(4,5)31-16-12-14-29-22(21-20(37-29)13-8-11-18-36-26(21)35)24(33)30(23(29)25(31)34)15-9-6-7-10-17-32/h8,12-14,20-23,32H,6-7,9-11,15-19H2,1-5H3/t20-,21+,22-,23?,29-/m0/s1. The Morgan fingerprint density at radius 2 is 1.78 bits per heavy atom. The largest absolute Gasteiger partial charge is 0.465 e. The van der Waals surface area contributed by atoms with Crippen LogP contribution in [0.1, 0.15) is 73.1 Å². The lowest BCUT2D eigenvalue weighted by atomic mass is 9.78. The van der Waals surface area contributed by atoms with Crippen molar-refractivity contribution in [3.63, 3.8) is 0 Å². The second-order valence-electron chi connectivity index (χ2n) is 12.8. The van der Waals surface area contributed by atoms with Gasteiger partial charge in [0.05, 0.1) is 23.2 Å². The molecule has 0 aliphatic carbocycles. The van der Waals surface area contributed by atoms with E-state index in [9.17, 15) is 14.4 Å². The van der Waals surface area contributed by atoms with Crippen LogP contribution < -0.4 is 0 Å². The van der Waals surface area contributed by atoms with Crippen molar-refractivity contribution in [3.05, 3.63) is 24.3 Å². The molecule has 2 saturated heterocycles. The van der Waals surface area contributed by atoms with Crippen LogP contribution in [0, 0.1) is 17.3 Å². The molecule has 1 N–H and O–H groups in total. The molecule has 0 aromatic carbocycles. The highest BCUT2D eigenvalue weighted by Crippen LogP contribution is 2.61. The third kappa shape index (κ3) is 5.38. The number of carbonyl (C=O) groups is 3. The van der Waals surface area contributed by atoms with E-state index < -0.39 is 28.2 Å². The van der Waals surface area contributed by atoms with Crippen LogP contribution in [0.2, 0.25) is 0 Å². The Labute approximate surface area is 226 Å². The molecule has 37 heavy (non-hydrogen) atoms. The number of hydrogen-bond acceptors (Lipinski definition) is 6. The zero-order valence-corrected chi connectivity index (χ0v) is 23.9. The van der Waals surface area contributed by atoms with Gasteiger partial charge in [-0.3, -0.25) is 14.4 Å². The van der Waals surface area contributed by atoms with Gasteiger partial charge in [-0.25, -0.2) is 0 Å². The number of likely N-dealkylation sites (tertiary alicyclic amines) is 1. The number of fused-ring (bicyclic) bond motifs is 2. The molecule has 0 aromatic heterocycles. The molecule has 4 aliphatic rings. The van der Waals surface area contributed by atoms with E-state index in [1.165, 1.54) is 0 Å². The van der Waals surface area contributed by atoms with Crippen LogP contribution in [0.25, 0.3) is 0 Å². The quantitative estimate of drug-likeness (QED) is 0.289. The van der Waals surface area contributed by atoms with Gasteiger partial charge in [0, 0.05) is 30.5 Å². The minimum Gasteiger partial charge on any atom is -0.465 e. The van der Waals surface area contributed by atoms with Gasteiger partial charge in [0.15, 0.2) is 0 Å². The summed E-state index contributed by atoms with van der Waals surface area (Å²) in [7, 11) is 0. The Morgan fingerprint density at radius 1 is 1.05 bits per heavy atom. The van der Waals surface area contributed by atoms with Gasteiger partial charge in [-0.1, -0.05) is 57.9 Å².